The summed E-state index contributed by atoms with van der Waals surface area (Å²) in [5.74, 6) is -1.26. The zero-order valence-electron chi connectivity index (χ0n) is 6.40. The van der Waals surface area contributed by atoms with Crippen molar-refractivity contribution in [1.82, 2.24) is 4.98 Å². The Morgan fingerprint density at radius 1 is 1.50 bits per heavy atom. The van der Waals surface area contributed by atoms with Crippen molar-refractivity contribution >= 4 is 28.4 Å². The molecule has 0 amide bonds. The SMILES string of the molecule is O=C(Cl)c1cc(C(F)F)c(Cl)nc1F. The molecule has 0 saturated carbocycles. The van der Waals surface area contributed by atoms with E-state index in [1.807, 2.05) is 0 Å². The van der Waals surface area contributed by atoms with E-state index >= 15 is 0 Å². The molecule has 0 N–H and O–H groups in total. The van der Waals surface area contributed by atoms with Crippen molar-refractivity contribution < 1.29 is 18.0 Å². The molecule has 14 heavy (non-hydrogen) atoms. The van der Waals surface area contributed by atoms with Gasteiger partial charge >= 0.3 is 0 Å². The van der Waals surface area contributed by atoms with Crippen molar-refractivity contribution in [3.8, 4) is 0 Å². The third-order valence-corrected chi connectivity index (χ3v) is 1.91. The van der Waals surface area contributed by atoms with E-state index in [4.69, 9.17) is 23.2 Å². The van der Waals surface area contributed by atoms with Crippen LogP contribution in [0, 0.1) is 5.95 Å². The molecule has 0 unspecified atom stereocenters. The summed E-state index contributed by atoms with van der Waals surface area (Å²) in [4.78, 5) is 13.5. The molecule has 0 fully saturated rings. The fraction of sp³-hybridized carbons (Fsp3) is 0.143. The van der Waals surface area contributed by atoms with Gasteiger partial charge in [0.2, 0.25) is 5.95 Å². The highest BCUT2D eigenvalue weighted by Gasteiger charge is 2.20. The molecule has 0 atom stereocenters. The van der Waals surface area contributed by atoms with E-state index in [1.54, 1.807) is 0 Å². The van der Waals surface area contributed by atoms with E-state index in [2.05, 4.69) is 4.98 Å². The zero-order valence-corrected chi connectivity index (χ0v) is 7.91. The Morgan fingerprint density at radius 3 is 2.50 bits per heavy atom. The number of carbonyl (C=O) groups is 1. The van der Waals surface area contributed by atoms with Crippen LogP contribution in [0.2, 0.25) is 5.15 Å². The molecule has 2 nitrogen and oxygen atoms in total. The average molecular weight is 244 g/mol. The molecule has 1 rings (SSSR count). The van der Waals surface area contributed by atoms with Crippen LogP contribution >= 0.6 is 23.2 Å². The van der Waals surface area contributed by atoms with Gasteiger partial charge in [0, 0.05) is 0 Å². The highest BCUT2D eigenvalue weighted by molar-refractivity contribution is 6.67. The minimum atomic E-state index is -2.94. The summed E-state index contributed by atoms with van der Waals surface area (Å²) in [7, 11) is 0. The van der Waals surface area contributed by atoms with Crippen molar-refractivity contribution in [3.63, 3.8) is 0 Å². The van der Waals surface area contributed by atoms with Gasteiger partial charge in [-0.2, -0.15) is 4.39 Å². The van der Waals surface area contributed by atoms with Gasteiger partial charge in [-0.15, -0.1) is 0 Å². The molecule has 1 heterocycles. The molecule has 0 aliphatic heterocycles. The molecule has 1 aromatic rings. The number of hydrogen-bond donors (Lipinski definition) is 0. The lowest BCUT2D eigenvalue weighted by Crippen LogP contribution is -2.01. The van der Waals surface area contributed by atoms with Crippen molar-refractivity contribution in [2.75, 3.05) is 0 Å². The standard InChI is InChI=1S/C7H2Cl2F3NO/c8-4-2(6(10)11)1-3(5(9)14)7(12)13-4/h1,6H. The first-order chi connectivity index (χ1) is 6.43. The number of alkyl halides is 2. The molecule has 7 heteroatoms. The monoisotopic (exact) mass is 243 g/mol. The number of carbonyl (C=O) groups excluding carboxylic acids is 1. The first-order valence-corrected chi connectivity index (χ1v) is 4.03. The van der Waals surface area contributed by atoms with Gasteiger partial charge in [-0.05, 0) is 17.7 Å². The number of pyridine rings is 1. The fourth-order valence-electron chi connectivity index (χ4n) is 0.776. The number of halogens is 5. The largest absolute Gasteiger partial charge is 0.275 e. The van der Waals surface area contributed by atoms with Gasteiger partial charge < -0.3 is 0 Å². The number of nitrogens with zero attached hydrogens (tertiary/aromatic N) is 1. The second kappa shape index (κ2) is 4.14. The molecule has 0 aliphatic rings. The maximum atomic E-state index is 12.8. The van der Waals surface area contributed by atoms with Crippen LogP contribution in [0.15, 0.2) is 6.07 Å². The summed E-state index contributed by atoms with van der Waals surface area (Å²) in [6, 6.07) is 0.588. The lowest BCUT2D eigenvalue weighted by Gasteiger charge is -2.04. The Labute approximate surface area is 86.6 Å². The molecule has 1 aromatic heterocycles. The van der Waals surface area contributed by atoms with Crippen LogP contribution in [0.4, 0.5) is 13.2 Å². The quantitative estimate of drug-likeness (QED) is 0.590. The minimum absolute atomic E-state index is 0.588. The summed E-state index contributed by atoms with van der Waals surface area (Å²) in [6.45, 7) is 0. The highest BCUT2D eigenvalue weighted by atomic mass is 35.5. The molecule has 76 valence electrons. The number of hydrogen-bond acceptors (Lipinski definition) is 2. The molecular weight excluding hydrogens is 242 g/mol. The first-order valence-electron chi connectivity index (χ1n) is 3.27. The predicted molar refractivity (Wildman–Crippen MR) is 44.3 cm³/mol. The highest BCUT2D eigenvalue weighted by Crippen LogP contribution is 2.27. The maximum absolute atomic E-state index is 12.8. The van der Waals surface area contributed by atoms with Crippen LogP contribution in [0.1, 0.15) is 22.3 Å². The normalized spacial score (nSPS) is 10.7. The van der Waals surface area contributed by atoms with Crippen molar-refractivity contribution in [3.05, 3.63) is 28.3 Å². The molecule has 0 aliphatic carbocycles. The third kappa shape index (κ3) is 2.16. The van der Waals surface area contributed by atoms with Gasteiger partial charge in [-0.1, -0.05) is 11.6 Å². The molecule has 0 bridgehead atoms. The average Bonchev–Trinajstić information content (AvgIpc) is 2.02. The lowest BCUT2D eigenvalue weighted by atomic mass is 10.2. The van der Waals surface area contributed by atoms with Crippen molar-refractivity contribution in [1.29, 1.82) is 0 Å². The Balaban J connectivity index is 3.34. The van der Waals surface area contributed by atoms with Gasteiger partial charge in [-0.25, -0.2) is 13.8 Å². The second-order valence-electron chi connectivity index (χ2n) is 2.28. The van der Waals surface area contributed by atoms with Crippen LogP contribution in [0.25, 0.3) is 0 Å². The van der Waals surface area contributed by atoms with Gasteiger partial charge in [0.15, 0.2) is 0 Å². The van der Waals surface area contributed by atoms with E-state index in [9.17, 15) is 18.0 Å². The summed E-state index contributed by atoms with van der Waals surface area (Å²) >= 11 is 10.1. The summed E-state index contributed by atoms with van der Waals surface area (Å²) in [6.07, 6.45) is -2.94. The van der Waals surface area contributed by atoms with Crippen molar-refractivity contribution in [2.45, 2.75) is 6.43 Å². The summed E-state index contributed by atoms with van der Waals surface area (Å²) < 4.78 is 37.2. The third-order valence-electron chi connectivity index (χ3n) is 1.40. The zero-order chi connectivity index (χ0) is 10.9. The van der Waals surface area contributed by atoms with Crippen LogP contribution < -0.4 is 0 Å². The molecule has 0 aromatic carbocycles. The van der Waals surface area contributed by atoms with Gasteiger partial charge in [0.25, 0.3) is 11.7 Å². The van der Waals surface area contributed by atoms with Crippen molar-refractivity contribution in [2.24, 2.45) is 0 Å². The van der Waals surface area contributed by atoms with Crippen LogP contribution in [0.3, 0.4) is 0 Å². The van der Waals surface area contributed by atoms with E-state index in [0.29, 0.717) is 6.07 Å². The minimum Gasteiger partial charge on any atom is -0.275 e. The van der Waals surface area contributed by atoms with E-state index in [0.717, 1.165) is 0 Å². The van der Waals surface area contributed by atoms with Crippen LogP contribution in [-0.2, 0) is 0 Å². The second-order valence-corrected chi connectivity index (χ2v) is 2.98. The maximum Gasteiger partial charge on any atom is 0.266 e. The molecule has 0 spiro atoms. The smallest absolute Gasteiger partial charge is 0.266 e. The van der Waals surface area contributed by atoms with Gasteiger partial charge in [0.1, 0.15) is 5.15 Å². The van der Waals surface area contributed by atoms with Crippen LogP contribution in [0.5, 0.6) is 0 Å². The topological polar surface area (TPSA) is 30.0 Å². The number of aromatic nitrogens is 1. The Morgan fingerprint density at radius 2 is 2.07 bits per heavy atom. The van der Waals surface area contributed by atoms with E-state index < -0.39 is 33.9 Å². The van der Waals surface area contributed by atoms with E-state index in [1.165, 1.54) is 0 Å². The summed E-state index contributed by atoms with van der Waals surface area (Å²) in [5.41, 5.74) is -1.44. The molecule has 0 saturated heterocycles. The lowest BCUT2D eigenvalue weighted by molar-refractivity contribution is 0.107. The van der Waals surface area contributed by atoms with Gasteiger partial charge in [0.05, 0.1) is 11.1 Å². The first kappa shape index (κ1) is 11.3. The molecule has 0 radical (unpaired) electrons. The Bertz CT molecular complexity index is 383. The Kier molecular flexibility index (Phi) is 3.34. The van der Waals surface area contributed by atoms with Gasteiger partial charge in [-0.3, -0.25) is 4.79 Å². The molecular formula is C7H2Cl2F3NO. The predicted octanol–water partition coefficient (Wildman–Crippen LogP) is 3.19. The summed E-state index contributed by atoms with van der Waals surface area (Å²) in [5, 5.41) is -1.88. The van der Waals surface area contributed by atoms with E-state index in [-0.39, 0.29) is 0 Å². The fourth-order valence-corrected chi connectivity index (χ4v) is 1.12. The number of rotatable bonds is 2. The van der Waals surface area contributed by atoms with Crippen LogP contribution in [-0.4, -0.2) is 10.2 Å². The Hall–Kier alpha value is -0.810.